The zero-order valence-electron chi connectivity index (χ0n) is 13.4. The Balaban J connectivity index is 1.63. The van der Waals surface area contributed by atoms with Crippen LogP contribution < -0.4 is 0 Å². The number of nitrogens with zero attached hydrogens (tertiary/aromatic N) is 2. The summed E-state index contributed by atoms with van der Waals surface area (Å²) in [5.74, 6) is -0.414. The van der Waals surface area contributed by atoms with Gasteiger partial charge in [-0.15, -0.1) is 0 Å². The maximum atomic E-state index is 13.2. The van der Waals surface area contributed by atoms with E-state index in [-0.39, 0.29) is 11.0 Å². The fourth-order valence-corrected chi connectivity index (χ4v) is 4.90. The van der Waals surface area contributed by atoms with E-state index in [1.165, 1.54) is 22.5 Å². The van der Waals surface area contributed by atoms with E-state index < -0.39 is 15.8 Å². The fraction of sp³-hybridized carbons (Fsp3) is 0.625. The molecule has 23 heavy (non-hydrogen) atoms. The van der Waals surface area contributed by atoms with Crippen LogP contribution in [0.2, 0.25) is 0 Å². The Morgan fingerprint density at radius 3 is 2.61 bits per heavy atom. The van der Waals surface area contributed by atoms with Crippen LogP contribution in [-0.4, -0.2) is 63.1 Å². The summed E-state index contributed by atoms with van der Waals surface area (Å²) < 4.78 is 45.8. The second kappa shape index (κ2) is 6.84. The molecule has 0 N–H and O–H groups in total. The Morgan fingerprint density at radius 1 is 1.26 bits per heavy atom. The van der Waals surface area contributed by atoms with Gasteiger partial charge in [0.15, 0.2) is 0 Å². The predicted octanol–water partition coefficient (Wildman–Crippen LogP) is 1.62. The van der Waals surface area contributed by atoms with Crippen molar-refractivity contribution in [2.75, 3.05) is 39.3 Å². The number of hydrogen-bond donors (Lipinski definition) is 0. The first-order chi connectivity index (χ1) is 11.0. The molecule has 2 heterocycles. The third-order valence-corrected chi connectivity index (χ3v) is 6.63. The summed E-state index contributed by atoms with van der Waals surface area (Å²) >= 11 is 0. The maximum absolute atomic E-state index is 13.2. The molecule has 1 aromatic rings. The molecule has 0 saturated carbocycles. The van der Waals surface area contributed by atoms with Crippen LogP contribution in [0.25, 0.3) is 0 Å². The molecular weight excluding hydrogens is 319 g/mol. The molecule has 3 rings (SSSR count). The number of halogens is 1. The molecule has 0 aliphatic carbocycles. The van der Waals surface area contributed by atoms with E-state index in [4.69, 9.17) is 4.74 Å². The Labute approximate surface area is 137 Å². The molecular formula is C16H23FN2O3S. The Hall–Kier alpha value is -1.02. The standard InChI is InChI=1S/C16H23FN2O3S/c1-13-11-14(17)4-5-16(13)23(20,21)19-8-6-18(7-9-19)12-15-3-2-10-22-15/h4-5,11,15H,2-3,6-10,12H2,1H3. The first kappa shape index (κ1) is 16.8. The summed E-state index contributed by atoms with van der Waals surface area (Å²) in [4.78, 5) is 2.46. The highest BCUT2D eigenvalue weighted by atomic mass is 32.2. The first-order valence-corrected chi connectivity index (χ1v) is 9.51. The van der Waals surface area contributed by atoms with Crippen LogP contribution in [0.3, 0.4) is 0 Å². The fourth-order valence-electron chi connectivity index (χ4n) is 3.27. The van der Waals surface area contributed by atoms with Crippen LogP contribution in [0.1, 0.15) is 18.4 Å². The summed E-state index contributed by atoms with van der Waals surface area (Å²) in [6.07, 6.45) is 2.49. The van der Waals surface area contributed by atoms with Crippen LogP contribution in [-0.2, 0) is 14.8 Å². The molecule has 0 aromatic heterocycles. The second-order valence-electron chi connectivity index (χ2n) is 6.25. The van der Waals surface area contributed by atoms with Crippen molar-refractivity contribution >= 4 is 10.0 Å². The number of ether oxygens (including phenoxy) is 1. The summed E-state index contributed by atoms with van der Waals surface area (Å²) in [6.45, 7) is 5.69. The number of rotatable bonds is 4. The zero-order chi connectivity index (χ0) is 16.4. The van der Waals surface area contributed by atoms with Crippen molar-refractivity contribution in [1.29, 1.82) is 0 Å². The highest BCUT2D eigenvalue weighted by Crippen LogP contribution is 2.22. The molecule has 2 aliphatic heterocycles. The maximum Gasteiger partial charge on any atom is 0.243 e. The molecule has 128 valence electrons. The molecule has 1 aromatic carbocycles. The van der Waals surface area contributed by atoms with Gasteiger partial charge in [0, 0.05) is 39.3 Å². The Morgan fingerprint density at radius 2 is 2.00 bits per heavy atom. The lowest BCUT2D eigenvalue weighted by molar-refractivity contribution is 0.0617. The molecule has 7 heteroatoms. The van der Waals surface area contributed by atoms with E-state index in [0.29, 0.717) is 31.7 Å². The smallest absolute Gasteiger partial charge is 0.243 e. The lowest BCUT2D eigenvalue weighted by Crippen LogP contribution is -2.50. The van der Waals surface area contributed by atoms with Crippen LogP contribution in [0.15, 0.2) is 23.1 Å². The van der Waals surface area contributed by atoms with E-state index in [1.807, 2.05) is 0 Å². The number of benzene rings is 1. The lowest BCUT2D eigenvalue weighted by Gasteiger charge is -2.35. The van der Waals surface area contributed by atoms with E-state index >= 15 is 0 Å². The summed E-state index contributed by atoms with van der Waals surface area (Å²) in [6, 6.07) is 3.83. The minimum atomic E-state index is -3.55. The van der Waals surface area contributed by atoms with Gasteiger partial charge >= 0.3 is 0 Å². The number of hydrogen-bond acceptors (Lipinski definition) is 4. The first-order valence-electron chi connectivity index (χ1n) is 8.07. The van der Waals surface area contributed by atoms with E-state index in [1.54, 1.807) is 6.92 Å². The van der Waals surface area contributed by atoms with Gasteiger partial charge in [0.2, 0.25) is 10.0 Å². The summed E-state index contributed by atoms with van der Waals surface area (Å²) in [7, 11) is -3.55. The normalized spacial score (nSPS) is 24.2. The molecule has 2 aliphatic rings. The van der Waals surface area contributed by atoms with Gasteiger partial charge < -0.3 is 4.74 Å². The average Bonchev–Trinajstić information content (AvgIpc) is 3.00. The molecule has 1 atom stereocenters. The van der Waals surface area contributed by atoms with Gasteiger partial charge in [0.25, 0.3) is 0 Å². The largest absolute Gasteiger partial charge is 0.377 e. The van der Waals surface area contributed by atoms with Crippen LogP contribution in [0.4, 0.5) is 4.39 Å². The van der Waals surface area contributed by atoms with Crippen molar-refractivity contribution in [2.24, 2.45) is 0 Å². The average molecular weight is 342 g/mol. The molecule has 0 amide bonds. The Bertz CT molecular complexity index is 651. The third kappa shape index (κ3) is 3.74. The third-order valence-electron chi connectivity index (χ3n) is 4.57. The van der Waals surface area contributed by atoms with Crippen LogP contribution in [0, 0.1) is 12.7 Å². The van der Waals surface area contributed by atoms with Crippen molar-refractivity contribution in [2.45, 2.75) is 30.8 Å². The van der Waals surface area contributed by atoms with Gasteiger partial charge in [0.05, 0.1) is 11.0 Å². The minimum absolute atomic E-state index is 0.200. The topological polar surface area (TPSA) is 49.9 Å². The molecule has 0 bridgehead atoms. The molecule has 2 fully saturated rings. The van der Waals surface area contributed by atoms with Crippen LogP contribution >= 0.6 is 0 Å². The quantitative estimate of drug-likeness (QED) is 0.834. The molecule has 2 saturated heterocycles. The van der Waals surface area contributed by atoms with Gasteiger partial charge in [-0.3, -0.25) is 4.90 Å². The molecule has 0 spiro atoms. The SMILES string of the molecule is Cc1cc(F)ccc1S(=O)(=O)N1CCN(CC2CCCO2)CC1. The minimum Gasteiger partial charge on any atom is -0.377 e. The van der Waals surface area contributed by atoms with Crippen molar-refractivity contribution in [3.63, 3.8) is 0 Å². The molecule has 5 nitrogen and oxygen atoms in total. The number of sulfonamides is 1. The highest BCUT2D eigenvalue weighted by molar-refractivity contribution is 7.89. The van der Waals surface area contributed by atoms with Crippen molar-refractivity contribution in [3.05, 3.63) is 29.6 Å². The van der Waals surface area contributed by atoms with Gasteiger partial charge in [0.1, 0.15) is 5.82 Å². The van der Waals surface area contributed by atoms with Gasteiger partial charge in [-0.1, -0.05) is 0 Å². The molecule has 1 unspecified atom stereocenters. The lowest BCUT2D eigenvalue weighted by atomic mass is 10.2. The zero-order valence-corrected chi connectivity index (χ0v) is 14.2. The second-order valence-corrected chi connectivity index (χ2v) is 8.16. The predicted molar refractivity (Wildman–Crippen MR) is 85.3 cm³/mol. The highest BCUT2D eigenvalue weighted by Gasteiger charge is 2.30. The Kier molecular flexibility index (Phi) is 5.01. The number of piperazine rings is 1. The van der Waals surface area contributed by atoms with Crippen molar-refractivity contribution in [3.8, 4) is 0 Å². The summed E-state index contributed by atoms with van der Waals surface area (Å²) in [5, 5.41) is 0. The van der Waals surface area contributed by atoms with Gasteiger partial charge in [-0.05, 0) is 43.5 Å². The van der Waals surface area contributed by atoms with Gasteiger partial charge in [-0.2, -0.15) is 4.31 Å². The van der Waals surface area contributed by atoms with Crippen LogP contribution in [0.5, 0.6) is 0 Å². The van der Waals surface area contributed by atoms with Crippen molar-refractivity contribution < 1.29 is 17.5 Å². The molecule has 0 radical (unpaired) electrons. The number of aryl methyl sites for hydroxylation is 1. The van der Waals surface area contributed by atoms with E-state index in [2.05, 4.69) is 4.90 Å². The van der Waals surface area contributed by atoms with Crippen molar-refractivity contribution in [1.82, 2.24) is 9.21 Å². The van der Waals surface area contributed by atoms with E-state index in [9.17, 15) is 12.8 Å². The van der Waals surface area contributed by atoms with Gasteiger partial charge in [-0.25, -0.2) is 12.8 Å². The van der Waals surface area contributed by atoms with E-state index in [0.717, 1.165) is 26.0 Å². The summed E-state index contributed by atoms with van der Waals surface area (Å²) in [5.41, 5.74) is 0.451. The monoisotopic (exact) mass is 342 g/mol.